The van der Waals surface area contributed by atoms with Crippen molar-refractivity contribution < 1.29 is 18.1 Å². The van der Waals surface area contributed by atoms with Crippen molar-refractivity contribution in [3.05, 3.63) is 18.3 Å². The lowest BCUT2D eigenvalue weighted by Gasteiger charge is -1.92. The maximum absolute atomic E-state index is 11.9. The summed E-state index contributed by atoms with van der Waals surface area (Å²) >= 11 is 0. The molecule has 8 heteroatoms. The fourth-order valence-electron chi connectivity index (χ4n) is 1.04. The first-order chi connectivity index (χ1) is 7.66. The highest BCUT2D eigenvalue weighted by molar-refractivity contribution is 5.82. The Morgan fingerprint density at radius 2 is 2.38 bits per heavy atom. The first kappa shape index (κ1) is 10.4. The van der Waals surface area contributed by atoms with Gasteiger partial charge in [0, 0.05) is 12.4 Å². The molecule has 0 unspecified atom stereocenters. The Balaban J connectivity index is 2.11. The Labute approximate surface area is 87.7 Å². The third-order valence-electron chi connectivity index (χ3n) is 1.75. The number of Topliss-reactive ketones (excluding diaryl/α,β-unsaturated/α-hetero) is 1. The molecule has 0 atom stereocenters. The molecule has 0 saturated heterocycles. The molecule has 0 amide bonds. The van der Waals surface area contributed by atoms with Crippen LogP contribution in [0.25, 0.3) is 11.6 Å². The molecule has 2 aromatic rings. The van der Waals surface area contributed by atoms with E-state index in [0.29, 0.717) is 5.82 Å². The van der Waals surface area contributed by atoms with E-state index in [9.17, 15) is 13.6 Å². The molecule has 0 aliphatic carbocycles. The molecule has 0 aromatic carbocycles. The second-order valence-electron chi connectivity index (χ2n) is 2.89. The van der Waals surface area contributed by atoms with Crippen LogP contribution in [-0.2, 0) is 11.2 Å². The summed E-state index contributed by atoms with van der Waals surface area (Å²) in [7, 11) is 0. The maximum Gasteiger partial charge on any atom is 0.296 e. The Bertz CT molecular complexity index is 480. The smallest absolute Gasteiger partial charge is 0.296 e. The van der Waals surface area contributed by atoms with Gasteiger partial charge < -0.3 is 9.51 Å². The molecule has 0 bridgehead atoms. The van der Waals surface area contributed by atoms with Crippen molar-refractivity contribution in [1.29, 1.82) is 0 Å². The van der Waals surface area contributed by atoms with Crippen LogP contribution in [0.1, 0.15) is 5.89 Å². The SMILES string of the molecule is O=C(Cc1nc(-c2ncc[nH]2)no1)C(F)F. The Morgan fingerprint density at radius 1 is 1.56 bits per heavy atom. The highest BCUT2D eigenvalue weighted by Gasteiger charge is 2.20. The monoisotopic (exact) mass is 228 g/mol. The Morgan fingerprint density at radius 3 is 3.00 bits per heavy atom. The van der Waals surface area contributed by atoms with E-state index in [1.54, 1.807) is 6.20 Å². The standard InChI is InChI=1S/C8H6F2N4O2/c9-6(10)4(15)3-5-13-8(14-16-5)7-11-1-2-12-7/h1-2,6H,3H2,(H,11,12). The van der Waals surface area contributed by atoms with E-state index in [-0.39, 0.29) is 11.7 Å². The van der Waals surface area contributed by atoms with Crippen LogP contribution < -0.4 is 0 Å². The molecule has 2 aromatic heterocycles. The van der Waals surface area contributed by atoms with E-state index in [1.165, 1.54) is 6.20 Å². The quantitative estimate of drug-likeness (QED) is 0.837. The van der Waals surface area contributed by atoms with Gasteiger partial charge in [0.2, 0.25) is 17.5 Å². The number of aromatic amines is 1. The molecule has 2 heterocycles. The fourth-order valence-corrected chi connectivity index (χ4v) is 1.04. The van der Waals surface area contributed by atoms with Crippen LogP contribution in [-0.4, -0.2) is 32.3 Å². The number of carbonyl (C=O) groups is 1. The van der Waals surface area contributed by atoms with Crippen molar-refractivity contribution >= 4 is 5.78 Å². The highest BCUT2D eigenvalue weighted by atomic mass is 19.3. The predicted octanol–water partition coefficient (Wildman–Crippen LogP) is 0.836. The summed E-state index contributed by atoms with van der Waals surface area (Å²) in [5.74, 6) is -0.937. The minimum absolute atomic E-state index is 0.127. The first-order valence-electron chi connectivity index (χ1n) is 4.30. The van der Waals surface area contributed by atoms with Crippen LogP contribution in [0.5, 0.6) is 0 Å². The van der Waals surface area contributed by atoms with E-state index in [4.69, 9.17) is 0 Å². The number of imidazole rings is 1. The number of halogens is 2. The van der Waals surface area contributed by atoms with Gasteiger partial charge in [-0.15, -0.1) is 0 Å². The van der Waals surface area contributed by atoms with Crippen molar-refractivity contribution in [3.8, 4) is 11.6 Å². The van der Waals surface area contributed by atoms with Gasteiger partial charge in [0.25, 0.3) is 6.43 Å². The molecule has 1 N–H and O–H groups in total. The van der Waals surface area contributed by atoms with Crippen LogP contribution in [0.4, 0.5) is 8.78 Å². The van der Waals surface area contributed by atoms with Gasteiger partial charge in [-0.3, -0.25) is 4.79 Å². The number of ketones is 1. The van der Waals surface area contributed by atoms with E-state index in [1.807, 2.05) is 0 Å². The number of hydrogen-bond donors (Lipinski definition) is 1. The Kier molecular flexibility index (Phi) is 2.71. The van der Waals surface area contributed by atoms with Crippen molar-refractivity contribution in [2.24, 2.45) is 0 Å². The molecule has 0 fully saturated rings. The topological polar surface area (TPSA) is 84.7 Å². The van der Waals surface area contributed by atoms with E-state index < -0.39 is 18.6 Å². The third-order valence-corrected chi connectivity index (χ3v) is 1.75. The largest absolute Gasteiger partial charge is 0.342 e. The fraction of sp³-hybridized carbons (Fsp3) is 0.250. The second kappa shape index (κ2) is 4.17. The van der Waals surface area contributed by atoms with Crippen molar-refractivity contribution in [2.45, 2.75) is 12.8 Å². The number of H-pyrrole nitrogens is 1. The average Bonchev–Trinajstić information content (AvgIpc) is 2.85. The zero-order valence-corrected chi connectivity index (χ0v) is 7.85. The van der Waals surface area contributed by atoms with Gasteiger partial charge in [-0.25, -0.2) is 13.8 Å². The molecular weight excluding hydrogens is 222 g/mol. The summed E-state index contributed by atoms with van der Waals surface area (Å²) < 4.78 is 28.5. The van der Waals surface area contributed by atoms with Gasteiger partial charge in [-0.1, -0.05) is 5.16 Å². The lowest BCUT2D eigenvalue weighted by Crippen LogP contribution is -2.12. The van der Waals surface area contributed by atoms with Crippen molar-refractivity contribution in [3.63, 3.8) is 0 Å². The zero-order valence-electron chi connectivity index (χ0n) is 7.85. The van der Waals surface area contributed by atoms with E-state index in [2.05, 4.69) is 24.6 Å². The molecule has 0 spiro atoms. The lowest BCUT2D eigenvalue weighted by atomic mass is 10.3. The van der Waals surface area contributed by atoms with Gasteiger partial charge >= 0.3 is 0 Å². The van der Waals surface area contributed by atoms with Crippen LogP contribution in [0.15, 0.2) is 16.9 Å². The minimum Gasteiger partial charge on any atom is -0.342 e. The number of hydrogen-bond acceptors (Lipinski definition) is 5. The van der Waals surface area contributed by atoms with Gasteiger partial charge in [-0.2, -0.15) is 4.98 Å². The average molecular weight is 228 g/mol. The summed E-state index contributed by atoms with van der Waals surface area (Å²) in [4.78, 5) is 21.0. The number of nitrogens with one attached hydrogen (secondary N) is 1. The summed E-state index contributed by atoms with van der Waals surface area (Å²) in [5.41, 5.74) is 0. The van der Waals surface area contributed by atoms with Gasteiger partial charge in [0.05, 0.1) is 6.42 Å². The summed E-state index contributed by atoms with van der Waals surface area (Å²) in [6.07, 6.45) is -0.574. The van der Waals surface area contributed by atoms with Crippen molar-refractivity contribution in [2.75, 3.05) is 0 Å². The van der Waals surface area contributed by atoms with Crippen LogP contribution >= 0.6 is 0 Å². The predicted molar refractivity (Wildman–Crippen MR) is 46.6 cm³/mol. The number of alkyl halides is 2. The number of nitrogens with zero attached hydrogens (tertiary/aromatic N) is 3. The maximum atomic E-state index is 11.9. The van der Waals surface area contributed by atoms with Crippen LogP contribution in [0.2, 0.25) is 0 Å². The molecule has 0 aliphatic heterocycles. The second-order valence-corrected chi connectivity index (χ2v) is 2.89. The number of aromatic nitrogens is 4. The van der Waals surface area contributed by atoms with Crippen LogP contribution in [0, 0.1) is 0 Å². The third kappa shape index (κ3) is 2.10. The van der Waals surface area contributed by atoms with Crippen LogP contribution in [0.3, 0.4) is 0 Å². The minimum atomic E-state index is -3.03. The van der Waals surface area contributed by atoms with E-state index >= 15 is 0 Å². The first-order valence-corrected chi connectivity index (χ1v) is 4.30. The number of carbonyl (C=O) groups excluding carboxylic acids is 1. The lowest BCUT2D eigenvalue weighted by molar-refractivity contribution is -0.129. The molecule has 2 rings (SSSR count). The zero-order chi connectivity index (χ0) is 11.5. The van der Waals surface area contributed by atoms with Gasteiger partial charge in [0.1, 0.15) is 0 Å². The summed E-state index contributed by atoms with van der Waals surface area (Å²) in [5, 5.41) is 3.49. The Hall–Kier alpha value is -2.12. The van der Waals surface area contributed by atoms with Gasteiger partial charge in [0.15, 0.2) is 5.82 Å². The molecular formula is C8H6F2N4O2. The van der Waals surface area contributed by atoms with Gasteiger partial charge in [-0.05, 0) is 0 Å². The highest BCUT2D eigenvalue weighted by Crippen LogP contribution is 2.11. The molecule has 0 aliphatic rings. The number of rotatable bonds is 4. The molecule has 0 saturated carbocycles. The normalized spacial score (nSPS) is 10.9. The summed E-state index contributed by atoms with van der Waals surface area (Å²) in [6, 6.07) is 0. The summed E-state index contributed by atoms with van der Waals surface area (Å²) in [6.45, 7) is 0. The van der Waals surface area contributed by atoms with E-state index in [0.717, 1.165) is 0 Å². The molecule has 84 valence electrons. The molecule has 16 heavy (non-hydrogen) atoms. The molecule has 0 radical (unpaired) electrons. The van der Waals surface area contributed by atoms with Crippen molar-refractivity contribution in [1.82, 2.24) is 20.1 Å². The molecule has 6 nitrogen and oxygen atoms in total.